The summed E-state index contributed by atoms with van der Waals surface area (Å²) in [6, 6.07) is 58.7. The third kappa shape index (κ3) is 5.80. The van der Waals surface area contributed by atoms with E-state index >= 15 is 0 Å². The van der Waals surface area contributed by atoms with Crippen LogP contribution in [0.3, 0.4) is 0 Å². The number of fused-ring (bicyclic) bond motifs is 3. The average molecular weight is 646 g/mol. The molecule has 7 aromatic carbocycles. The van der Waals surface area contributed by atoms with Crippen molar-refractivity contribution in [3.8, 4) is 33.4 Å². The van der Waals surface area contributed by atoms with Gasteiger partial charge in [-0.25, -0.2) is 0 Å². The van der Waals surface area contributed by atoms with Crippen LogP contribution in [0.5, 0.6) is 0 Å². The highest BCUT2D eigenvalue weighted by Gasteiger charge is 2.24. The highest BCUT2D eigenvalue weighted by atomic mass is 16.3. The maximum Gasteiger partial charge on any atom is 0.137 e. The minimum Gasteiger partial charge on any atom is -0.456 e. The lowest BCUT2D eigenvalue weighted by Gasteiger charge is -2.29. The van der Waals surface area contributed by atoms with Crippen molar-refractivity contribution in [2.75, 3.05) is 4.90 Å². The fraction of sp³-hybridized carbons (Fsp3) is 0.0833. The van der Waals surface area contributed by atoms with Gasteiger partial charge in [0.2, 0.25) is 0 Å². The van der Waals surface area contributed by atoms with E-state index in [0.29, 0.717) is 0 Å². The molecule has 1 heterocycles. The zero-order chi connectivity index (χ0) is 34.2. The largest absolute Gasteiger partial charge is 0.456 e. The van der Waals surface area contributed by atoms with Crippen molar-refractivity contribution in [2.24, 2.45) is 0 Å². The monoisotopic (exact) mass is 645 g/mol. The topological polar surface area (TPSA) is 16.4 Å². The summed E-state index contributed by atoms with van der Waals surface area (Å²) in [5.74, 6) is 0. The molecule has 242 valence electrons. The van der Waals surface area contributed by atoms with Gasteiger partial charge in [-0.15, -0.1) is 0 Å². The van der Waals surface area contributed by atoms with Gasteiger partial charge in [-0.05, 0) is 92.9 Å². The summed E-state index contributed by atoms with van der Waals surface area (Å²) in [5.41, 5.74) is 14.3. The van der Waals surface area contributed by atoms with Crippen molar-refractivity contribution in [1.29, 1.82) is 0 Å². The van der Waals surface area contributed by atoms with Crippen LogP contribution in [0.15, 0.2) is 175 Å². The maximum atomic E-state index is 6.59. The van der Waals surface area contributed by atoms with Crippen molar-refractivity contribution >= 4 is 45.1 Å². The van der Waals surface area contributed by atoms with E-state index in [2.05, 4.69) is 196 Å². The maximum absolute atomic E-state index is 6.59. The van der Waals surface area contributed by atoms with Gasteiger partial charge in [-0.1, -0.05) is 149 Å². The van der Waals surface area contributed by atoms with Gasteiger partial charge in [-0.2, -0.15) is 0 Å². The lowest BCUT2D eigenvalue weighted by Crippen LogP contribution is -2.12. The molecule has 0 saturated heterocycles. The molecule has 0 aliphatic carbocycles. The minimum atomic E-state index is 0.0575. The summed E-state index contributed by atoms with van der Waals surface area (Å²) in [6.45, 7) is 10.8. The van der Waals surface area contributed by atoms with Gasteiger partial charge in [0.05, 0.1) is 11.1 Å². The molecule has 0 bridgehead atoms. The number of hydrogen-bond acceptors (Lipinski definition) is 2. The molecule has 0 N–H and O–H groups in total. The van der Waals surface area contributed by atoms with E-state index in [9.17, 15) is 0 Å². The third-order valence-corrected chi connectivity index (χ3v) is 9.62. The second-order valence-electron chi connectivity index (χ2n) is 13.9. The van der Waals surface area contributed by atoms with Crippen molar-refractivity contribution < 1.29 is 4.42 Å². The first kappa shape index (κ1) is 31.2. The van der Waals surface area contributed by atoms with Crippen LogP contribution < -0.4 is 4.90 Å². The molecule has 0 fully saturated rings. The second kappa shape index (κ2) is 12.7. The van der Waals surface area contributed by atoms with Gasteiger partial charge >= 0.3 is 0 Å². The Morgan fingerprint density at radius 3 is 1.56 bits per heavy atom. The normalized spacial score (nSPS) is 11.6. The SMILES string of the molecule is C=Cc1ccc2c(c1)oc1ccc(-c3ccc(C(C)(C)C)cc3)c(N(c3ccc(-c4ccccc4)cc3)c3ccc(-c4ccccc4)cc3)c12. The van der Waals surface area contributed by atoms with Crippen molar-refractivity contribution in [3.05, 3.63) is 181 Å². The molecule has 8 rings (SSSR count). The molecular weight excluding hydrogens is 607 g/mol. The fourth-order valence-corrected chi connectivity index (χ4v) is 6.88. The van der Waals surface area contributed by atoms with E-state index in [0.717, 1.165) is 55.7 Å². The Morgan fingerprint density at radius 1 is 0.520 bits per heavy atom. The molecule has 0 aliphatic heterocycles. The summed E-state index contributed by atoms with van der Waals surface area (Å²) in [5, 5.41) is 2.15. The number of benzene rings is 7. The standard InChI is InChI=1S/C48H39NO/c1-5-33-16-29-43-45(32-33)50-44-31-30-42(38-17-23-39(24-18-38)48(2,3)4)47(46(43)44)49(40-25-19-36(20-26-40)34-12-8-6-9-13-34)41-27-21-37(22-28-41)35-14-10-7-11-15-35/h5-32H,1H2,2-4H3. The molecule has 0 aliphatic rings. The number of rotatable bonds is 7. The Morgan fingerprint density at radius 2 is 1.04 bits per heavy atom. The van der Waals surface area contributed by atoms with Gasteiger partial charge in [-0.3, -0.25) is 0 Å². The summed E-state index contributed by atoms with van der Waals surface area (Å²) in [7, 11) is 0. The molecular formula is C48H39NO. The first-order chi connectivity index (χ1) is 24.4. The lowest BCUT2D eigenvalue weighted by molar-refractivity contribution is 0.590. The quantitative estimate of drug-likeness (QED) is 0.171. The summed E-state index contributed by atoms with van der Waals surface area (Å²) in [6.07, 6.45) is 1.87. The molecule has 50 heavy (non-hydrogen) atoms. The highest BCUT2D eigenvalue weighted by Crippen LogP contribution is 2.49. The van der Waals surface area contributed by atoms with E-state index in [1.165, 1.54) is 27.8 Å². The Bertz CT molecular complexity index is 2350. The second-order valence-corrected chi connectivity index (χ2v) is 13.9. The van der Waals surface area contributed by atoms with E-state index in [-0.39, 0.29) is 5.41 Å². The highest BCUT2D eigenvalue weighted by molar-refractivity contribution is 6.17. The number of furan rings is 1. The van der Waals surface area contributed by atoms with Crippen molar-refractivity contribution in [2.45, 2.75) is 26.2 Å². The van der Waals surface area contributed by atoms with Gasteiger partial charge in [0.1, 0.15) is 11.2 Å². The number of anilines is 3. The van der Waals surface area contributed by atoms with Crippen LogP contribution in [0.25, 0.3) is 61.4 Å². The van der Waals surface area contributed by atoms with E-state index in [4.69, 9.17) is 4.42 Å². The smallest absolute Gasteiger partial charge is 0.137 e. The molecule has 1 aromatic heterocycles. The molecule has 0 radical (unpaired) electrons. The molecule has 0 spiro atoms. The van der Waals surface area contributed by atoms with Crippen molar-refractivity contribution in [3.63, 3.8) is 0 Å². The van der Waals surface area contributed by atoms with Crippen LogP contribution in [0.1, 0.15) is 31.9 Å². The van der Waals surface area contributed by atoms with E-state index in [1.807, 2.05) is 6.08 Å². The Hall–Kier alpha value is -6.12. The summed E-state index contributed by atoms with van der Waals surface area (Å²) < 4.78 is 6.59. The first-order valence-corrected chi connectivity index (χ1v) is 17.2. The Kier molecular flexibility index (Phi) is 7.93. The zero-order valence-electron chi connectivity index (χ0n) is 28.7. The Balaban J connectivity index is 1.40. The van der Waals surface area contributed by atoms with Crippen LogP contribution in [-0.2, 0) is 5.41 Å². The van der Waals surface area contributed by atoms with Crippen LogP contribution >= 0.6 is 0 Å². The van der Waals surface area contributed by atoms with E-state index < -0.39 is 0 Å². The van der Waals surface area contributed by atoms with Gasteiger partial charge in [0, 0.05) is 22.3 Å². The fourth-order valence-electron chi connectivity index (χ4n) is 6.88. The minimum absolute atomic E-state index is 0.0575. The van der Waals surface area contributed by atoms with Gasteiger partial charge in [0.15, 0.2) is 0 Å². The van der Waals surface area contributed by atoms with Crippen LogP contribution in [0.4, 0.5) is 17.1 Å². The molecule has 0 unspecified atom stereocenters. The van der Waals surface area contributed by atoms with E-state index in [1.54, 1.807) is 0 Å². The molecule has 8 aromatic rings. The molecule has 0 atom stereocenters. The summed E-state index contributed by atoms with van der Waals surface area (Å²) in [4.78, 5) is 2.40. The number of hydrogen-bond donors (Lipinski definition) is 0. The third-order valence-electron chi connectivity index (χ3n) is 9.62. The van der Waals surface area contributed by atoms with Crippen LogP contribution in [0.2, 0.25) is 0 Å². The predicted molar refractivity (Wildman–Crippen MR) is 214 cm³/mol. The molecule has 0 saturated carbocycles. The molecule has 2 heteroatoms. The van der Waals surface area contributed by atoms with Crippen LogP contribution in [-0.4, -0.2) is 0 Å². The Labute approximate surface area is 294 Å². The molecule has 0 amide bonds. The number of nitrogens with zero attached hydrogens (tertiary/aromatic N) is 1. The predicted octanol–water partition coefficient (Wildman–Crippen LogP) is 14.0. The van der Waals surface area contributed by atoms with Crippen LogP contribution in [0, 0.1) is 0 Å². The zero-order valence-corrected chi connectivity index (χ0v) is 28.7. The van der Waals surface area contributed by atoms with Crippen molar-refractivity contribution in [1.82, 2.24) is 0 Å². The van der Waals surface area contributed by atoms with Gasteiger partial charge in [0.25, 0.3) is 0 Å². The lowest BCUT2D eigenvalue weighted by atomic mass is 9.86. The average Bonchev–Trinajstić information content (AvgIpc) is 3.54. The molecule has 2 nitrogen and oxygen atoms in total. The van der Waals surface area contributed by atoms with Gasteiger partial charge < -0.3 is 9.32 Å². The first-order valence-electron chi connectivity index (χ1n) is 17.2. The summed E-state index contributed by atoms with van der Waals surface area (Å²) >= 11 is 0.